The molecule has 2 aliphatic rings. The number of rotatable bonds is 2. The molecule has 2 saturated heterocycles. The summed E-state index contributed by atoms with van der Waals surface area (Å²) >= 11 is 0. The molecule has 0 spiro atoms. The standard InChI is InChI=1S/C11H15N.C5H9NO2/c1-3-7-11(8-4-1)12-9-5-2-6-10-12;7-5-6-1-3-8-4-2-6/h1,3-4,7-8H,2,5-6,9-10H2;5H,1-4H2. The maximum absolute atomic E-state index is 10.0. The number of nitrogens with zero attached hydrogens (tertiary/aromatic N) is 2. The van der Waals surface area contributed by atoms with Gasteiger partial charge in [-0.05, 0) is 31.4 Å². The second kappa shape index (κ2) is 8.59. The number of morpholine rings is 1. The van der Waals surface area contributed by atoms with Crippen LogP contribution in [-0.2, 0) is 9.53 Å². The molecule has 0 bridgehead atoms. The van der Waals surface area contributed by atoms with E-state index in [4.69, 9.17) is 4.74 Å². The summed E-state index contributed by atoms with van der Waals surface area (Å²) in [7, 11) is 0. The maximum atomic E-state index is 10.0. The molecule has 110 valence electrons. The molecule has 0 saturated carbocycles. The van der Waals surface area contributed by atoms with Gasteiger partial charge in [-0.1, -0.05) is 18.2 Å². The van der Waals surface area contributed by atoms with Crippen LogP contribution in [0.2, 0.25) is 0 Å². The molecule has 2 aliphatic heterocycles. The number of para-hydroxylation sites is 1. The van der Waals surface area contributed by atoms with E-state index in [-0.39, 0.29) is 0 Å². The van der Waals surface area contributed by atoms with E-state index in [9.17, 15) is 4.79 Å². The minimum atomic E-state index is 0.693. The average Bonchev–Trinajstić information content (AvgIpc) is 2.58. The van der Waals surface area contributed by atoms with Crippen LogP contribution in [0.4, 0.5) is 5.69 Å². The summed E-state index contributed by atoms with van der Waals surface area (Å²) in [5, 5.41) is 0. The lowest BCUT2D eigenvalue weighted by molar-refractivity contribution is -0.121. The average molecular weight is 276 g/mol. The number of anilines is 1. The highest BCUT2D eigenvalue weighted by Crippen LogP contribution is 2.18. The van der Waals surface area contributed by atoms with Gasteiger partial charge in [0, 0.05) is 31.9 Å². The Labute approximate surface area is 121 Å². The Morgan fingerprint density at radius 2 is 1.55 bits per heavy atom. The maximum Gasteiger partial charge on any atom is 0.209 e. The molecule has 4 nitrogen and oxygen atoms in total. The Bertz CT molecular complexity index is 371. The number of ether oxygens (including phenoxy) is 1. The number of benzene rings is 1. The molecular formula is C16H24N2O2. The summed E-state index contributed by atoms with van der Waals surface area (Å²) < 4.78 is 5.00. The van der Waals surface area contributed by atoms with Gasteiger partial charge < -0.3 is 14.5 Å². The van der Waals surface area contributed by atoms with Crippen molar-refractivity contribution in [2.45, 2.75) is 19.3 Å². The minimum absolute atomic E-state index is 0.693. The van der Waals surface area contributed by atoms with Crippen LogP contribution in [0.3, 0.4) is 0 Å². The van der Waals surface area contributed by atoms with Crippen molar-refractivity contribution in [3.8, 4) is 0 Å². The zero-order chi connectivity index (χ0) is 14.0. The lowest BCUT2D eigenvalue weighted by atomic mass is 10.1. The van der Waals surface area contributed by atoms with Gasteiger partial charge in [-0.2, -0.15) is 0 Å². The Morgan fingerprint density at radius 1 is 0.900 bits per heavy atom. The number of carbonyl (C=O) groups is 1. The smallest absolute Gasteiger partial charge is 0.209 e. The van der Waals surface area contributed by atoms with Crippen molar-refractivity contribution in [2.75, 3.05) is 44.3 Å². The van der Waals surface area contributed by atoms with Crippen LogP contribution in [0.15, 0.2) is 30.3 Å². The summed E-state index contributed by atoms with van der Waals surface area (Å²) in [6.07, 6.45) is 4.98. The third-order valence-corrected chi connectivity index (χ3v) is 3.67. The number of hydrogen-bond donors (Lipinski definition) is 0. The predicted molar refractivity (Wildman–Crippen MR) is 81.0 cm³/mol. The van der Waals surface area contributed by atoms with Gasteiger partial charge in [-0.15, -0.1) is 0 Å². The highest BCUT2D eigenvalue weighted by atomic mass is 16.5. The number of amides is 1. The third-order valence-electron chi connectivity index (χ3n) is 3.67. The van der Waals surface area contributed by atoms with E-state index in [0.29, 0.717) is 13.2 Å². The van der Waals surface area contributed by atoms with Gasteiger partial charge in [0.15, 0.2) is 0 Å². The van der Waals surface area contributed by atoms with Crippen LogP contribution in [0.25, 0.3) is 0 Å². The molecular weight excluding hydrogens is 252 g/mol. The molecule has 0 aromatic heterocycles. The second-order valence-corrected chi connectivity index (χ2v) is 5.14. The summed E-state index contributed by atoms with van der Waals surface area (Å²) in [6.45, 7) is 5.37. The van der Waals surface area contributed by atoms with Crippen LogP contribution < -0.4 is 4.90 Å². The van der Waals surface area contributed by atoms with Crippen molar-refractivity contribution < 1.29 is 9.53 Å². The van der Waals surface area contributed by atoms with Gasteiger partial charge >= 0.3 is 0 Å². The van der Waals surface area contributed by atoms with Gasteiger partial charge in [-0.25, -0.2) is 0 Å². The highest BCUT2D eigenvalue weighted by Gasteiger charge is 2.09. The Hall–Kier alpha value is -1.55. The number of piperidine rings is 1. The molecule has 1 aromatic rings. The Morgan fingerprint density at radius 3 is 2.10 bits per heavy atom. The minimum Gasteiger partial charge on any atom is -0.378 e. The van der Waals surface area contributed by atoms with Crippen molar-refractivity contribution >= 4 is 12.1 Å². The van der Waals surface area contributed by atoms with E-state index < -0.39 is 0 Å². The third kappa shape index (κ3) is 4.85. The Balaban J connectivity index is 0.000000160. The summed E-state index contributed by atoms with van der Waals surface area (Å²) in [6, 6.07) is 10.7. The summed E-state index contributed by atoms with van der Waals surface area (Å²) in [5.41, 5.74) is 1.39. The first kappa shape index (κ1) is 14.9. The molecule has 1 aromatic carbocycles. The topological polar surface area (TPSA) is 32.8 Å². The SMILES string of the molecule is O=CN1CCOCC1.c1ccc(N2CCCCC2)cc1. The first-order chi connectivity index (χ1) is 9.90. The molecule has 0 N–H and O–H groups in total. The first-order valence-electron chi connectivity index (χ1n) is 7.47. The number of hydrogen-bond acceptors (Lipinski definition) is 3. The van der Waals surface area contributed by atoms with Crippen LogP contribution in [-0.4, -0.2) is 50.7 Å². The van der Waals surface area contributed by atoms with Crippen LogP contribution >= 0.6 is 0 Å². The molecule has 0 aliphatic carbocycles. The van der Waals surface area contributed by atoms with E-state index in [0.717, 1.165) is 19.5 Å². The fourth-order valence-electron chi connectivity index (χ4n) is 2.47. The van der Waals surface area contributed by atoms with Crippen LogP contribution in [0.5, 0.6) is 0 Å². The molecule has 1 amide bonds. The Kier molecular flexibility index (Phi) is 6.38. The lowest BCUT2D eigenvalue weighted by Crippen LogP contribution is -2.34. The van der Waals surface area contributed by atoms with E-state index in [1.807, 2.05) is 0 Å². The van der Waals surface area contributed by atoms with E-state index in [2.05, 4.69) is 35.2 Å². The van der Waals surface area contributed by atoms with E-state index >= 15 is 0 Å². The largest absolute Gasteiger partial charge is 0.378 e. The van der Waals surface area contributed by atoms with Gasteiger partial charge in [0.1, 0.15) is 0 Å². The fourth-order valence-corrected chi connectivity index (χ4v) is 2.47. The summed E-state index contributed by atoms with van der Waals surface area (Å²) in [4.78, 5) is 14.2. The molecule has 0 unspecified atom stereocenters. The number of carbonyl (C=O) groups excluding carboxylic acids is 1. The predicted octanol–water partition coefficient (Wildman–Crippen LogP) is 2.15. The van der Waals surface area contributed by atoms with E-state index in [1.165, 1.54) is 38.0 Å². The van der Waals surface area contributed by atoms with Crippen LogP contribution in [0.1, 0.15) is 19.3 Å². The second-order valence-electron chi connectivity index (χ2n) is 5.14. The van der Waals surface area contributed by atoms with Crippen molar-refractivity contribution in [3.05, 3.63) is 30.3 Å². The molecule has 3 rings (SSSR count). The van der Waals surface area contributed by atoms with Crippen molar-refractivity contribution in [3.63, 3.8) is 0 Å². The highest BCUT2D eigenvalue weighted by molar-refractivity contribution is 5.47. The first-order valence-corrected chi connectivity index (χ1v) is 7.47. The molecule has 0 atom stereocenters. The summed E-state index contributed by atoms with van der Waals surface area (Å²) in [5.74, 6) is 0. The normalized spacial score (nSPS) is 19.0. The van der Waals surface area contributed by atoms with E-state index in [1.54, 1.807) is 4.90 Å². The zero-order valence-corrected chi connectivity index (χ0v) is 12.0. The van der Waals surface area contributed by atoms with Gasteiger partial charge in [0.25, 0.3) is 0 Å². The van der Waals surface area contributed by atoms with Gasteiger partial charge in [0.2, 0.25) is 6.41 Å². The van der Waals surface area contributed by atoms with Crippen molar-refractivity contribution in [1.29, 1.82) is 0 Å². The quantitative estimate of drug-likeness (QED) is 0.776. The van der Waals surface area contributed by atoms with Gasteiger partial charge in [-0.3, -0.25) is 4.79 Å². The van der Waals surface area contributed by atoms with Crippen molar-refractivity contribution in [2.24, 2.45) is 0 Å². The monoisotopic (exact) mass is 276 g/mol. The zero-order valence-electron chi connectivity index (χ0n) is 12.0. The molecule has 0 radical (unpaired) electrons. The van der Waals surface area contributed by atoms with Gasteiger partial charge in [0.05, 0.1) is 13.2 Å². The van der Waals surface area contributed by atoms with Crippen molar-refractivity contribution in [1.82, 2.24) is 4.90 Å². The molecule has 2 heterocycles. The lowest BCUT2D eigenvalue weighted by Gasteiger charge is -2.28. The molecule has 20 heavy (non-hydrogen) atoms. The molecule has 4 heteroatoms. The van der Waals surface area contributed by atoms with Crippen LogP contribution in [0, 0.1) is 0 Å². The molecule has 2 fully saturated rings. The fraction of sp³-hybridized carbons (Fsp3) is 0.562.